The van der Waals surface area contributed by atoms with Crippen molar-refractivity contribution in [1.82, 2.24) is 0 Å². The average Bonchev–Trinajstić information content (AvgIpc) is 2.30. The molecule has 0 bridgehead atoms. The highest BCUT2D eigenvalue weighted by molar-refractivity contribution is 7.91. The Kier molecular flexibility index (Phi) is 4.07. The Hall–Kier alpha value is -0.870. The maximum Gasteiger partial charge on any atom is 0.150 e. The van der Waals surface area contributed by atoms with Crippen LogP contribution in [0.4, 0.5) is 0 Å². The number of hydrogen-bond acceptors (Lipinski definition) is 3. The molecule has 4 heteroatoms. The Balaban J connectivity index is 1.83. The Morgan fingerprint density at radius 1 is 1.39 bits per heavy atom. The Bertz CT molecular complexity index is 508. The van der Waals surface area contributed by atoms with Gasteiger partial charge >= 0.3 is 0 Å². The molecule has 18 heavy (non-hydrogen) atoms. The molecule has 1 N–H and O–H groups in total. The van der Waals surface area contributed by atoms with Crippen LogP contribution in [0.1, 0.15) is 36.8 Å². The highest BCUT2D eigenvalue weighted by Gasteiger charge is 2.31. The van der Waals surface area contributed by atoms with Crippen LogP contribution in [-0.2, 0) is 16.3 Å². The zero-order valence-electron chi connectivity index (χ0n) is 10.7. The van der Waals surface area contributed by atoms with E-state index in [0.717, 1.165) is 6.42 Å². The predicted molar refractivity (Wildman–Crippen MR) is 72.5 cm³/mol. The molecule has 2 unspecified atom stereocenters. The van der Waals surface area contributed by atoms with Crippen LogP contribution in [-0.4, -0.2) is 31.1 Å². The lowest BCUT2D eigenvalue weighted by atomic mass is 9.73. The largest absolute Gasteiger partial charge is 0.392 e. The molecule has 100 valence electrons. The van der Waals surface area contributed by atoms with E-state index in [0.29, 0.717) is 12.8 Å². The number of rotatable bonds is 6. The molecule has 3 nitrogen and oxygen atoms in total. The Morgan fingerprint density at radius 2 is 2.11 bits per heavy atom. The summed E-state index contributed by atoms with van der Waals surface area (Å²) in [6.07, 6.45) is 1.62. The fourth-order valence-corrected chi connectivity index (χ4v) is 3.39. The minimum absolute atomic E-state index is 0.189. The van der Waals surface area contributed by atoms with Crippen LogP contribution < -0.4 is 0 Å². The van der Waals surface area contributed by atoms with Gasteiger partial charge in [-0.2, -0.15) is 0 Å². The lowest BCUT2D eigenvalue weighted by molar-refractivity contribution is 0.123. The molecule has 0 fully saturated rings. The summed E-state index contributed by atoms with van der Waals surface area (Å²) in [5.74, 6) is 0.579. The van der Waals surface area contributed by atoms with Crippen LogP contribution in [0.2, 0.25) is 0 Å². The van der Waals surface area contributed by atoms with Gasteiger partial charge < -0.3 is 5.11 Å². The van der Waals surface area contributed by atoms with Gasteiger partial charge in [0.05, 0.1) is 11.9 Å². The summed E-state index contributed by atoms with van der Waals surface area (Å²) in [6.45, 7) is 1.66. The first-order valence-electron chi connectivity index (χ1n) is 6.50. The van der Waals surface area contributed by atoms with Crippen molar-refractivity contribution < 1.29 is 13.5 Å². The van der Waals surface area contributed by atoms with E-state index in [-0.39, 0.29) is 17.4 Å². The van der Waals surface area contributed by atoms with Crippen LogP contribution in [0, 0.1) is 0 Å². The van der Waals surface area contributed by atoms with Gasteiger partial charge in [0, 0.05) is 11.7 Å². The molecule has 0 radical (unpaired) electrons. The van der Waals surface area contributed by atoms with Crippen LogP contribution in [0.15, 0.2) is 24.3 Å². The first-order valence-corrected chi connectivity index (χ1v) is 8.32. The molecule has 0 spiro atoms. The summed E-state index contributed by atoms with van der Waals surface area (Å²) >= 11 is 0. The molecule has 1 aromatic rings. The zero-order chi connectivity index (χ0) is 13.2. The van der Waals surface area contributed by atoms with Gasteiger partial charge in [-0.15, -0.1) is 0 Å². The van der Waals surface area contributed by atoms with E-state index in [2.05, 4.69) is 12.1 Å². The fraction of sp³-hybridized carbons (Fsp3) is 0.571. The Morgan fingerprint density at radius 3 is 2.78 bits per heavy atom. The molecule has 0 saturated heterocycles. The van der Waals surface area contributed by atoms with Crippen LogP contribution in [0.25, 0.3) is 0 Å². The van der Waals surface area contributed by atoms with Gasteiger partial charge in [0.1, 0.15) is 9.84 Å². The summed E-state index contributed by atoms with van der Waals surface area (Å²) in [6, 6.07) is 8.13. The second-order valence-corrected chi connectivity index (χ2v) is 7.43. The van der Waals surface area contributed by atoms with E-state index < -0.39 is 15.9 Å². The minimum atomic E-state index is -2.90. The van der Waals surface area contributed by atoms with E-state index in [9.17, 15) is 13.5 Å². The number of aliphatic hydroxyl groups is 1. The van der Waals surface area contributed by atoms with E-state index >= 15 is 0 Å². The molecule has 1 aliphatic carbocycles. The zero-order valence-corrected chi connectivity index (χ0v) is 11.5. The summed E-state index contributed by atoms with van der Waals surface area (Å²) in [4.78, 5) is 0. The number of aliphatic hydroxyl groups excluding tert-OH is 1. The van der Waals surface area contributed by atoms with Gasteiger partial charge in [0.2, 0.25) is 0 Å². The van der Waals surface area contributed by atoms with Crippen molar-refractivity contribution in [2.45, 2.75) is 38.2 Å². The minimum Gasteiger partial charge on any atom is -0.392 e. The molecule has 0 heterocycles. The molecule has 0 amide bonds. The molecule has 0 aromatic heterocycles. The van der Waals surface area contributed by atoms with E-state index in [1.165, 1.54) is 11.1 Å². The van der Waals surface area contributed by atoms with Crippen molar-refractivity contribution in [1.29, 1.82) is 0 Å². The molecular weight excluding hydrogens is 248 g/mol. The average molecular weight is 268 g/mol. The molecule has 1 aromatic carbocycles. The van der Waals surface area contributed by atoms with Gasteiger partial charge in [-0.25, -0.2) is 8.42 Å². The first-order chi connectivity index (χ1) is 8.53. The van der Waals surface area contributed by atoms with Crippen molar-refractivity contribution in [3.63, 3.8) is 0 Å². The molecule has 2 rings (SSSR count). The van der Waals surface area contributed by atoms with Crippen LogP contribution >= 0.6 is 0 Å². The van der Waals surface area contributed by atoms with Crippen LogP contribution in [0.5, 0.6) is 0 Å². The topological polar surface area (TPSA) is 54.4 Å². The van der Waals surface area contributed by atoms with Gasteiger partial charge in [-0.3, -0.25) is 0 Å². The maximum absolute atomic E-state index is 11.4. The lowest BCUT2D eigenvalue weighted by Crippen LogP contribution is -2.29. The summed E-state index contributed by atoms with van der Waals surface area (Å²) < 4.78 is 22.7. The normalized spacial score (nSPS) is 20.0. The standard InChI is InChI=1S/C14H20O3S/c1-2-18(16,17)9-5-8-14(15)13-10-11-6-3-4-7-12(11)13/h3-4,6-7,13-15H,2,5,8-10H2,1H3. The fourth-order valence-electron chi connectivity index (χ4n) is 2.50. The summed E-state index contributed by atoms with van der Waals surface area (Å²) in [5, 5.41) is 10.1. The first kappa shape index (κ1) is 13.6. The smallest absolute Gasteiger partial charge is 0.150 e. The molecule has 0 aliphatic heterocycles. The van der Waals surface area contributed by atoms with Gasteiger partial charge in [0.25, 0.3) is 0 Å². The van der Waals surface area contributed by atoms with E-state index in [1.807, 2.05) is 12.1 Å². The van der Waals surface area contributed by atoms with E-state index in [4.69, 9.17) is 0 Å². The van der Waals surface area contributed by atoms with Gasteiger partial charge in [-0.05, 0) is 30.4 Å². The lowest BCUT2D eigenvalue weighted by Gasteiger charge is -2.33. The quantitative estimate of drug-likeness (QED) is 0.857. The Labute approximate surface area is 109 Å². The van der Waals surface area contributed by atoms with Crippen molar-refractivity contribution in [3.05, 3.63) is 35.4 Å². The molecule has 2 atom stereocenters. The number of hydrogen-bond donors (Lipinski definition) is 1. The predicted octanol–water partition coefficient (Wildman–Crippen LogP) is 1.90. The van der Waals surface area contributed by atoms with E-state index in [1.54, 1.807) is 6.92 Å². The van der Waals surface area contributed by atoms with Gasteiger partial charge in [-0.1, -0.05) is 31.2 Å². The number of benzene rings is 1. The van der Waals surface area contributed by atoms with Crippen molar-refractivity contribution >= 4 is 9.84 Å². The second-order valence-electron chi connectivity index (χ2n) is 4.96. The van der Waals surface area contributed by atoms with Crippen LogP contribution in [0.3, 0.4) is 0 Å². The summed E-state index contributed by atoms with van der Waals surface area (Å²) in [7, 11) is -2.90. The monoisotopic (exact) mass is 268 g/mol. The SMILES string of the molecule is CCS(=O)(=O)CCCC(O)C1Cc2ccccc21. The molecule has 1 aliphatic rings. The third kappa shape index (κ3) is 2.93. The number of fused-ring (bicyclic) bond motifs is 1. The highest BCUT2D eigenvalue weighted by atomic mass is 32.2. The second kappa shape index (κ2) is 5.41. The molecule has 0 saturated carbocycles. The third-order valence-corrected chi connectivity index (χ3v) is 5.54. The summed E-state index contributed by atoms with van der Waals surface area (Å²) in [5.41, 5.74) is 2.53. The third-order valence-electron chi connectivity index (χ3n) is 3.75. The van der Waals surface area contributed by atoms with Crippen molar-refractivity contribution in [2.75, 3.05) is 11.5 Å². The van der Waals surface area contributed by atoms with Gasteiger partial charge in [0.15, 0.2) is 0 Å². The maximum atomic E-state index is 11.4. The van der Waals surface area contributed by atoms with Crippen molar-refractivity contribution in [2.24, 2.45) is 0 Å². The molecular formula is C14H20O3S. The highest BCUT2D eigenvalue weighted by Crippen LogP contribution is 2.38. The number of sulfone groups is 1. The van der Waals surface area contributed by atoms with Crippen molar-refractivity contribution in [3.8, 4) is 0 Å².